The molecule has 3 nitrogen and oxygen atoms in total. The standard InChI is InChI=1S/C12H13F2N3S/c1-15-6-9-7-16-17-11(9)8-2-4-10(5-3-8)18-12(13)14/h2-5,7,12,15H,6H2,1H3,(H,16,17). The van der Waals surface area contributed by atoms with Crippen molar-refractivity contribution >= 4 is 11.8 Å². The predicted molar refractivity (Wildman–Crippen MR) is 68.6 cm³/mol. The van der Waals surface area contributed by atoms with Gasteiger partial charge in [-0.25, -0.2) is 0 Å². The van der Waals surface area contributed by atoms with Crippen LogP contribution in [0.15, 0.2) is 35.4 Å². The fourth-order valence-electron chi connectivity index (χ4n) is 1.69. The molecule has 1 heterocycles. The zero-order valence-electron chi connectivity index (χ0n) is 9.78. The number of hydrogen-bond donors (Lipinski definition) is 2. The van der Waals surface area contributed by atoms with Gasteiger partial charge in [-0.1, -0.05) is 23.9 Å². The van der Waals surface area contributed by atoms with E-state index in [2.05, 4.69) is 15.5 Å². The summed E-state index contributed by atoms with van der Waals surface area (Å²) in [5.41, 5.74) is 2.90. The zero-order chi connectivity index (χ0) is 13.0. The molecule has 96 valence electrons. The van der Waals surface area contributed by atoms with Gasteiger partial charge in [0, 0.05) is 17.0 Å². The Bertz CT molecular complexity index is 496. The molecule has 6 heteroatoms. The second-order valence-electron chi connectivity index (χ2n) is 3.70. The van der Waals surface area contributed by atoms with E-state index in [1.54, 1.807) is 18.3 Å². The molecule has 2 rings (SSSR count). The first-order chi connectivity index (χ1) is 8.70. The number of hydrogen-bond acceptors (Lipinski definition) is 3. The molecule has 0 amide bonds. The van der Waals surface area contributed by atoms with Crippen LogP contribution in [0.25, 0.3) is 11.3 Å². The quantitative estimate of drug-likeness (QED) is 0.819. The molecule has 0 saturated heterocycles. The third-order valence-electron chi connectivity index (χ3n) is 2.45. The van der Waals surface area contributed by atoms with Crippen molar-refractivity contribution in [2.24, 2.45) is 0 Å². The van der Waals surface area contributed by atoms with Crippen molar-refractivity contribution < 1.29 is 8.78 Å². The van der Waals surface area contributed by atoms with Crippen LogP contribution in [0.4, 0.5) is 8.78 Å². The van der Waals surface area contributed by atoms with E-state index in [1.807, 2.05) is 19.2 Å². The van der Waals surface area contributed by atoms with Crippen molar-refractivity contribution in [3.63, 3.8) is 0 Å². The van der Waals surface area contributed by atoms with E-state index in [1.165, 1.54) is 0 Å². The van der Waals surface area contributed by atoms with Crippen molar-refractivity contribution in [1.29, 1.82) is 0 Å². The van der Waals surface area contributed by atoms with Crippen molar-refractivity contribution in [2.75, 3.05) is 7.05 Å². The molecule has 0 unspecified atom stereocenters. The Balaban J connectivity index is 2.20. The van der Waals surface area contributed by atoms with E-state index in [4.69, 9.17) is 0 Å². The molecule has 0 bridgehead atoms. The number of halogens is 2. The number of aromatic nitrogens is 2. The maximum absolute atomic E-state index is 12.2. The number of rotatable bonds is 5. The SMILES string of the molecule is CNCc1cn[nH]c1-c1ccc(SC(F)F)cc1. The smallest absolute Gasteiger partial charge is 0.288 e. The minimum atomic E-state index is -2.39. The van der Waals surface area contributed by atoms with Crippen LogP contribution < -0.4 is 5.32 Å². The largest absolute Gasteiger partial charge is 0.316 e. The first-order valence-corrected chi connectivity index (χ1v) is 6.30. The number of benzene rings is 1. The summed E-state index contributed by atoms with van der Waals surface area (Å²) in [6.45, 7) is 0.708. The Morgan fingerprint density at radius 1 is 1.33 bits per heavy atom. The van der Waals surface area contributed by atoms with Crippen LogP contribution in [0.3, 0.4) is 0 Å². The highest BCUT2D eigenvalue weighted by atomic mass is 32.2. The van der Waals surface area contributed by atoms with Crippen LogP contribution in [0, 0.1) is 0 Å². The summed E-state index contributed by atoms with van der Waals surface area (Å²) >= 11 is 0.547. The lowest BCUT2D eigenvalue weighted by molar-refractivity contribution is 0.252. The summed E-state index contributed by atoms with van der Waals surface area (Å²) in [6, 6.07) is 7.01. The van der Waals surface area contributed by atoms with Gasteiger partial charge in [-0.2, -0.15) is 13.9 Å². The van der Waals surface area contributed by atoms with Gasteiger partial charge in [0.05, 0.1) is 11.9 Å². The highest BCUT2D eigenvalue weighted by Crippen LogP contribution is 2.28. The molecule has 2 aromatic rings. The molecule has 1 aromatic heterocycles. The molecular weight excluding hydrogens is 256 g/mol. The van der Waals surface area contributed by atoms with E-state index in [0.717, 1.165) is 16.8 Å². The Morgan fingerprint density at radius 2 is 2.06 bits per heavy atom. The lowest BCUT2D eigenvalue weighted by Crippen LogP contribution is -2.05. The maximum Gasteiger partial charge on any atom is 0.288 e. The van der Waals surface area contributed by atoms with Crippen molar-refractivity contribution in [1.82, 2.24) is 15.5 Å². The van der Waals surface area contributed by atoms with Gasteiger partial charge in [0.2, 0.25) is 0 Å². The molecule has 0 spiro atoms. The van der Waals surface area contributed by atoms with E-state index in [-0.39, 0.29) is 0 Å². The normalized spacial score (nSPS) is 11.1. The molecule has 0 saturated carbocycles. The molecule has 2 N–H and O–H groups in total. The first-order valence-electron chi connectivity index (χ1n) is 5.43. The number of alkyl halides is 2. The third kappa shape index (κ3) is 3.08. The summed E-state index contributed by atoms with van der Waals surface area (Å²) < 4.78 is 24.4. The fourth-order valence-corrected chi connectivity index (χ4v) is 2.19. The summed E-state index contributed by atoms with van der Waals surface area (Å²) in [6.07, 6.45) is 1.76. The molecule has 0 radical (unpaired) electrons. The Labute approximate surface area is 108 Å². The fraction of sp³-hybridized carbons (Fsp3) is 0.250. The molecule has 1 aromatic carbocycles. The van der Waals surface area contributed by atoms with Crippen LogP contribution in [-0.4, -0.2) is 23.0 Å². The van der Waals surface area contributed by atoms with Crippen LogP contribution in [0.1, 0.15) is 5.56 Å². The number of nitrogens with zero attached hydrogens (tertiary/aromatic N) is 1. The van der Waals surface area contributed by atoms with Gasteiger partial charge in [-0.3, -0.25) is 5.10 Å². The summed E-state index contributed by atoms with van der Waals surface area (Å²) in [5.74, 6) is -2.39. The lowest BCUT2D eigenvalue weighted by Gasteiger charge is -2.04. The van der Waals surface area contributed by atoms with Gasteiger partial charge in [0.15, 0.2) is 0 Å². The number of H-pyrrole nitrogens is 1. The van der Waals surface area contributed by atoms with Crippen molar-refractivity contribution in [3.8, 4) is 11.3 Å². The summed E-state index contributed by atoms with van der Waals surface area (Å²) in [4.78, 5) is 0.559. The minimum absolute atomic E-state index is 0.547. The Morgan fingerprint density at radius 3 is 2.67 bits per heavy atom. The lowest BCUT2D eigenvalue weighted by atomic mass is 10.1. The average Bonchev–Trinajstić information content (AvgIpc) is 2.78. The molecule has 0 aliphatic rings. The van der Waals surface area contributed by atoms with Gasteiger partial charge < -0.3 is 5.32 Å². The van der Waals surface area contributed by atoms with Crippen LogP contribution in [0.2, 0.25) is 0 Å². The maximum atomic E-state index is 12.2. The second-order valence-corrected chi connectivity index (χ2v) is 4.77. The van der Waals surface area contributed by atoms with E-state index >= 15 is 0 Å². The summed E-state index contributed by atoms with van der Waals surface area (Å²) in [7, 11) is 1.86. The number of thioether (sulfide) groups is 1. The van der Waals surface area contributed by atoms with E-state index in [0.29, 0.717) is 23.2 Å². The van der Waals surface area contributed by atoms with Crippen LogP contribution in [-0.2, 0) is 6.54 Å². The third-order valence-corrected chi connectivity index (χ3v) is 3.18. The van der Waals surface area contributed by atoms with Gasteiger partial charge in [-0.15, -0.1) is 0 Å². The Hall–Kier alpha value is -1.40. The molecule has 0 atom stereocenters. The molecular formula is C12H13F2N3S. The highest BCUT2D eigenvalue weighted by Gasteiger charge is 2.08. The molecule has 18 heavy (non-hydrogen) atoms. The average molecular weight is 269 g/mol. The van der Waals surface area contributed by atoms with Crippen molar-refractivity contribution in [3.05, 3.63) is 36.0 Å². The van der Waals surface area contributed by atoms with Gasteiger partial charge in [-0.05, 0) is 24.7 Å². The molecule has 0 aliphatic heterocycles. The predicted octanol–water partition coefficient (Wildman–Crippen LogP) is 3.11. The van der Waals surface area contributed by atoms with Gasteiger partial charge in [0.1, 0.15) is 0 Å². The first kappa shape index (κ1) is 13.0. The highest BCUT2D eigenvalue weighted by molar-refractivity contribution is 7.99. The number of nitrogens with one attached hydrogen (secondary N) is 2. The summed E-state index contributed by atoms with van der Waals surface area (Å²) in [5, 5.41) is 9.97. The topological polar surface area (TPSA) is 40.7 Å². The van der Waals surface area contributed by atoms with Gasteiger partial charge in [0.25, 0.3) is 5.76 Å². The number of aromatic amines is 1. The van der Waals surface area contributed by atoms with E-state index < -0.39 is 5.76 Å². The zero-order valence-corrected chi connectivity index (χ0v) is 10.6. The Kier molecular flexibility index (Phi) is 4.33. The molecule has 0 fully saturated rings. The van der Waals surface area contributed by atoms with Gasteiger partial charge >= 0.3 is 0 Å². The van der Waals surface area contributed by atoms with Crippen LogP contribution in [0.5, 0.6) is 0 Å². The monoisotopic (exact) mass is 269 g/mol. The minimum Gasteiger partial charge on any atom is -0.316 e. The van der Waals surface area contributed by atoms with E-state index in [9.17, 15) is 8.78 Å². The molecule has 0 aliphatic carbocycles. The van der Waals surface area contributed by atoms with Crippen molar-refractivity contribution in [2.45, 2.75) is 17.2 Å². The second kappa shape index (κ2) is 5.97. The van der Waals surface area contributed by atoms with Crippen LogP contribution >= 0.6 is 11.8 Å².